The minimum Gasteiger partial charge on any atom is -0.457 e. The Morgan fingerprint density at radius 2 is 1.07 bits per heavy atom. The fourth-order valence-electron chi connectivity index (χ4n) is 7.49. The molecule has 1 aliphatic heterocycles. The Hall–Kier alpha value is -1.16. The number of aliphatic hydroxyl groups is 3. The summed E-state index contributed by atoms with van der Waals surface area (Å²) in [5, 5.41) is 30.7. The summed E-state index contributed by atoms with van der Waals surface area (Å²) < 4.78 is 59.1. The summed E-state index contributed by atoms with van der Waals surface area (Å²) in [6.07, 6.45) is 32.4. The van der Waals surface area contributed by atoms with E-state index in [9.17, 15) is 28.5 Å². The van der Waals surface area contributed by atoms with Crippen molar-refractivity contribution >= 4 is 16.4 Å². The summed E-state index contributed by atoms with van der Waals surface area (Å²) in [5.41, 5.74) is 0. The van der Waals surface area contributed by atoms with E-state index in [2.05, 4.69) is 30.2 Å². The number of allylic oxidation sites excluding steroid dienone is 2. The molecule has 350 valence electrons. The van der Waals surface area contributed by atoms with Crippen LogP contribution < -0.4 is 0 Å². The number of ether oxygens (including phenoxy) is 4. The molecule has 0 amide bonds. The highest BCUT2D eigenvalue weighted by Gasteiger charge is 2.48. The summed E-state index contributed by atoms with van der Waals surface area (Å²) >= 11 is 0. The van der Waals surface area contributed by atoms with E-state index in [1.807, 2.05) is 0 Å². The maximum Gasteiger partial charge on any atom is 0.397 e. The van der Waals surface area contributed by atoms with Crippen molar-refractivity contribution in [1.82, 2.24) is 0 Å². The molecule has 0 radical (unpaired) electrons. The van der Waals surface area contributed by atoms with Crippen LogP contribution in [0.1, 0.15) is 213 Å². The van der Waals surface area contributed by atoms with Crippen LogP contribution in [0.4, 0.5) is 0 Å². The van der Waals surface area contributed by atoms with Crippen molar-refractivity contribution in [2.45, 2.75) is 250 Å². The second-order valence-electron chi connectivity index (χ2n) is 16.7. The van der Waals surface area contributed by atoms with Crippen LogP contribution in [0.3, 0.4) is 0 Å². The van der Waals surface area contributed by atoms with Gasteiger partial charge in [-0.15, -0.1) is 0 Å². The number of hydrogen-bond donors (Lipinski definition) is 4. The molecule has 6 atom stereocenters. The summed E-state index contributed by atoms with van der Waals surface area (Å²) in [7, 11) is -5.06. The molecule has 59 heavy (non-hydrogen) atoms. The highest BCUT2D eigenvalue weighted by atomic mass is 32.3. The van der Waals surface area contributed by atoms with Crippen molar-refractivity contribution in [3.8, 4) is 0 Å². The molecule has 1 aliphatic rings. The number of unbranched alkanes of at least 4 members (excludes halogenated alkanes) is 27. The van der Waals surface area contributed by atoms with E-state index >= 15 is 0 Å². The third-order valence-electron chi connectivity index (χ3n) is 11.1. The average Bonchev–Trinajstić information content (AvgIpc) is 3.20. The molecule has 12 nitrogen and oxygen atoms in total. The van der Waals surface area contributed by atoms with Gasteiger partial charge in [0.2, 0.25) is 0 Å². The smallest absolute Gasteiger partial charge is 0.397 e. The molecular formula is C46H88O12S. The van der Waals surface area contributed by atoms with Crippen molar-refractivity contribution in [2.75, 3.05) is 26.4 Å². The van der Waals surface area contributed by atoms with E-state index in [0.717, 1.165) is 44.9 Å². The molecule has 13 heteroatoms. The Morgan fingerprint density at radius 1 is 0.627 bits per heavy atom. The number of carbonyl (C=O) groups is 1. The summed E-state index contributed by atoms with van der Waals surface area (Å²) in [5.74, 6) is -0.397. The summed E-state index contributed by atoms with van der Waals surface area (Å²) in [6, 6.07) is 0. The minimum absolute atomic E-state index is 0.0372. The molecule has 1 heterocycles. The first-order valence-electron chi connectivity index (χ1n) is 23.9. The molecule has 0 bridgehead atoms. The van der Waals surface area contributed by atoms with Crippen molar-refractivity contribution in [2.24, 2.45) is 0 Å². The van der Waals surface area contributed by atoms with Crippen LogP contribution in [-0.4, -0.2) is 97.5 Å². The Bertz CT molecular complexity index is 1090. The second kappa shape index (κ2) is 38.5. The fraction of sp³-hybridized carbons (Fsp3) is 0.935. The van der Waals surface area contributed by atoms with Crippen LogP contribution in [0.5, 0.6) is 0 Å². The predicted molar refractivity (Wildman–Crippen MR) is 234 cm³/mol. The Kier molecular flexibility index (Phi) is 36.5. The maximum atomic E-state index is 12.9. The molecular weight excluding hydrogens is 777 g/mol. The van der Waals surface area contributed by atoms with Gasteiger partial charge in [-0.05, 0) is 38.5 Å². The van der Waals surface area contributed by atoms with Crippen LogP contribution >= 0.6 is 0 Å². The Morgan fingerprint density at radius 3 is 1.53 bits per heavy atom. The van der Waals surface area contributed by atoms with Crippen molar-refractivity contribution < 1.29 is 56.2 Å². The minimum atomic E-state index is -5.06. The number of rotatable bonds is 42. The number of esters is 1. The van der Waals surface area contributed by atoms with Gasteiger partial charge in [0.1, 0.15) is 30.5 Å². The average molecular weight is 865 g/mol. The van der Waals surface area contributed by atoms with E-state index in [-0.39, 0.29) is 19.6 Å². The summed E-state index contributed by atoms with van der Waals surface area (Å²) in [4.78, 5) is 12.9. The van der Waals surface area contributed by atoms with Gasteiger partial charge in [-0.25, -0.2) is 4.18 Å². The first-order chi connectivity index (χ1) is 28.6. The van der Waals surface area contributed by atoms with Crippen LogP contribution in [-0.2, 0) is 38.3 Å². The third kappa shape index (κ3) is 32.2. The lowest BCUT2D eigenvalue weighted by molar-refractivity contribution is -0.301. The molecule has 4 N–H and O–H groups in total. The molecule has 0 spiro atoms. The topological polar surface area (TPSA) is 178 Å². The van der Waals surface area contributed by atoms with Gasteiger partial charge in [-0.1, -0.05) is 180 Å². The van der Waals surface area contributed by atoms with Crippen molar-refractivity contribution in [3.63, 3.8) is 0 Å². The standard InChI is InChI=1S/C46H88O12S/c1-3-5-7-9-11-13-15-17-19-20-21-23-25-27-29-31-33-35-42(48)56-40(39-55-46-44(50)45(58-59(51,52)53)43(49)41(37-47)57-46)38-54-36-34-32-30-28-26-24-22-18-16-14-12-10-8-6-4-2/h16,18,40-41,43-47,49-50H,3-15,17,19-39H2,1-2H3,(H,51,52,53)/b18-16-. The lowest BCUT2D eigenvalue weighted by atomic mass is 9.99. The number of carbonyl (C=O) groups excluding carboxylic acids is 1. The third-order valence-corrected chi connectivity index (χ3v) is 11.6. The zero-order valence-corrected chi connectivity index (χ0v) is 38.1. The van der Waals surface area contributed by atoms with Gasteiger partial charge in [-0.3, -0.25) is 9.35 Å². The quantitative estimate of drug-likeness (QED) is 0.0198. The normalized spacial score (nSPS) is 20.4. The van der Waals surface area contributed by atoms with Gasteiger partial charge in [0, 0.05) is 13.0 Å². The van der Waals surface area contributed by atoms with Gasteiger partial charge in [0.25, 0.3) is 0 Å². The number of hydrogen-bond acceptors (Lipinski definition) is 11. The molecule has 0 saturated carbocycles. The van der Waals surface area contributed by atoms with Gasteiger partial charge in [0.15, 0.2) is 6.29 Å². The lowest BCUT2D eigenvalue weighted by Crippen LogP contribution is -2.60. The van der Waals surface area contributed by atoms with Gasteiger partial charge in [0.05, 0.1) is 19.8 Å². The van der Waals surface area contributed by atoms with Crippen LogP contribution in [0.2, 0.25) is 0 Å². The van der Waals surface area contributed by atoms with Crippen LogP contribution in [0.25, 0.3) is 0 Å². The molecule has 0 aromatic carbocycles. The molecule has 0 aliphatic carbocycles. The van der Waals surface area contributed by atoms with Crippen molar-refractivity contribution in [1.29, 1.82) is 0 Å². The van der Waals surface area contributed by atoms with E-state index in [4.69, 9.17) is 23.5 Å². The van der Waals surface area contributed by atoms with Gasteiger partial charge >= 0.3 is 16.4 Å². The highest BCUT2D eigenvalue weighted by Crippen LogP contribution is 2.26. The maximum absolute atomic E-state index is 12.9. The van der Waals surface area contributed by atoms with Crippen LogP contribution in [0.15, 0.2) is 12.2 Å². The lowest BCUT2D eigenvalue weighted by Gasteiger charge is -2.41. The zero-order chi connectivity index (χ0) is 43.2. The molecule has 6 unspecified atom stereocenters. The predicted octanol–water partition coefficient (Wildman–Crippen LogP) is 10.2. The molecule has 1 fully saturated rings. The Balaban J connectivity index is 2.40. The molecule has 0 aromatic rings. The molecule has 1 rings (SSSR count). The largest absolute Gasteiger partial charge is 0.457 e. The van der Waals surface area contributed by atoms with E-state index in [1.54, 1.807) is 0 Å². The van der Waals surface area contributed by atoms with E-state index in [1.165, 1.54) is 141 Å². The monoisotopic (exact) mass is 865 g/mol. The zero-order valence-electron chi connectivity index (χ0n) is 37.3. The van der Waals surface area contributed by atoms with E-state index < -0.39 is 59.8 Å². The molecule has 0 aromatic heterocycles. The van der Waals surface area contributed by atoms with E-state index in [0.29, 0.717) is 13.0 Å². The first kappa shape index (κ1) is 55.9. The fourth-order valence-corrected chi connectivity index (χ4v) is 8.00. The second-order valence-corrected chi connectivity index (χ2v) is 17.8. The first-order valence-corrected chi connectivity index (χ1v) is 25.3. The molecule has 1 saturated heterocycles. The Labute approximate surface area is 359 Å². The number of aliphatic hydroxyl groups excluding tert-OH is 3. The highest BCUT2D eigenvalue weighted by molar-refractivity contribution is 7.80. The van der Waals surface area contributed by atoms with Crippen LogP contribution in [0, 0.1) is 0 Å². The summed E-state index contributed by atoms with van der Waals surface area (Å²) in [6.45, 7) is 4.00. The van der Waals surface area contributed by atoms with Crippen molar-refractivity contribution in [3.05, 3.63) is 12.2 Å². The SMILES string of the molecule is CCCCCCC/C=C\CCCCCCCCOCC(COC1OC(CO)C(O)C(OS(=O)(=O)O)C1O)OC(=O)CCCCCCCCCCCCCCCCCCC. The van der Waals surface area contributed by atoms with Gasteiger partial charge < -0.3 is 34.3 Å². The van der Waals surface area contributed by atoms with Gasteiger partial charge in [-0.2, -0.15) is 8.42 Å².